The van der Waals surface area contributed by atoms with E-state index in [-0.39, 0.29) is 0 Å². The Kier molecular flexibility index (Phi) is 3.77. The molecule has 2 unspecified atom stereocenters. The number of alkyl halides is 1. The van der Waals surface area contributed by atoms with Gasteiger partial charge in [0.05, 0.1) is 12.2 Å². The van der Waals surface area contributed by atoms with Gasteiger partial charge in [0.2, 0.25) is 0 Å². The molecule has 0 amide bonds. The van der Waals surface area contributed by atoms with Crippen LogP contribution < -0.4 is 0 Å². The molecule has 2 rings (SSSR count). The van der Waals surface area contributed by atoms with Crippen LogP contribution in [0, 0.1) is 5.41 Å². The van der Waals surface area contributed by atoms with E-state index < -0.39 is 0 Å². The summed E-state index contributed by atoms with van der Waals surface area (Å²) in [5.74, 6) is 0. The standard InChI is InChI=1S/C13H23BrO/c1-3-13(4-2)11(14)9-12(13)15-10-7-5-6-8-10/h10-12H,3-9H2,1-2H3. The first-order chi connectivity index (χ1) is 7.23. The minimum Gasteiger partial charge on any atom is -0.374 e. The van der Waals surface area contributed by atoms with Crippen LogP contribution in [0.5, 0.6) is 0 Å². The number of halogens is 1. The minimum absolute atomic E-state index is 0.433. The molecule has 2 fully saturated rings. The van der Waals surface area contributed by atoms with Crippen LogP contribution in [-0.4, -0.2) is 17.0 Å². The molecule has 0 aliphatic heterocycles. The summed E-state index contributed by atoms with van der Waals surface area (Å²) in [5, 5.41) is 0. The van der Waals surface area contributed by atoms with Gasteiger partial charge in [-0.25, -0.2) is 0 Å². The molecule has 0 aromatic carbocycles. The summed E-state index contributed by atoms with van der Waals surface area (Å²) in [4.78, 5) is 0.686. The summed E-state index contributed by atoms with van der Waals surface area (Å²) < 4.78 is 6.29. The van der Waals surface area contributed by atoms with Gasteiger partial charge in [0.15, 0.2) is 0 Å². The monoisotopic (exact) mass is 274 g/mol. The summed E-state index contributed by atoms with van der Waals surface area (Å²) in [7, 11) is 0. The van der Waals surface area contributed by atoms with E-state index in [9.17, 15) is 0 Å². The third-order valence-electron chi connectivity index (χ3n) is 4.66. The van der Waals surface area contributed by atoms with Crippen molar-refractivity contribution in [2.24, 2.45) is 5.41 Å². The van der Waals surface area contributed by atoms with Crippen LogP contribution in [0.1, 0.15) is 58.8 Å². The Balaban J connectivity index is 1.92. The number of hydrogen-bond acceptors (Lipinski definition) is 1. The Bertz CT molecular complexity index is 207. The maximum atomic E-state index is 6.29. The van der Waals surface area contributed by atoms with Crippen LogP contribution >= 0.6 is 15.9 Å². The van der Waals surface area contributed by atoms with Gasteiger partial charge >= 0.3 is 0 Å². The maximum absolute atomic E-state index is 6.29. The molecule has 0 spiro atoms. The maximum Gasteiger partial charge on any atom is 0.0656 e. The fourth-order valence-electron chi connectivity index (χ4n) is 3.29. The average Bonchev–Trinajstić information content (AvgIpc) is 2.72. The van der Waals surface area contributed by atoms with E-state index in [1.807, 2.05) is 0 Å². The summed E-state index contributed by atoms with van der Waals surface area (Å²) in [6.07, 6.45) is 10.2. The minimum atomic E-state index is 0.433. The molecule has 2 saturated carbocycles. The molecule has 88 valence electrons. The van der Waals surface area contributed by atoms with Crippen LogP contribution in [0.4, 0.5) is 0 Å². The van der Waals surface area contributed by atoms with Gasteiger partial charge in [-0.3, -0.25) is 0 Å². The third-order valence-corrected chi connectivity index (χ3v) is 5.95. The van der Waals surface area contributed by atoms with Crippen molar-refractivity contribution in [2.75, 3.05) is 0 Å². The molecule has 0 N–H and O–H groups in total. The van der Waals surface area contributed by atoms with Gasteiger partial charge in [-0.05, 0) is 32.1 Å². The normalized spacial score (nSPS) is 35.4. The van der Waals surface area contributed by atoms with Gasteiger partial charge < -0.3 is 4.74 Å². The van der Waals surface area contributed by atoms with Crippen molar-refractivity contribution in [3.8, 4) is 0 Å². The Morgan fingerprint density at radius 3 is 2.27 bits per heavy atom. The van der Waals surface area contributed by atoms with E-state index >= 15 is 0 Å². The second-order valence-electron chi connectivity index (χ2n) is 5.17. The van der Waals surface area contributed by atoms with Gasteiger partial charge in [-0.2, -0.15) is 0 Å². The molecule has 0 radical (unpaired) electrons. The van der Waals surface area contributed by atoms with Crippen molar-refractivity contribution in [2.45, 2.75) is 75.8 Å². The lowest BCUT2D eigenvalue weighted by Gasteiger charge is -2.53. The van der Waals surface area contributed by atoms with E-state index in [1.54, 1.807) is 0 Å². The van der Waals surface area contributed by atoms with E-state index in [2.05, 4.69) is 29.8 Å². The lowest BCUT2D eigenvalue weighted by atomic mass is 9.62. The Morgan fingerprint density at radius 2 is 1.80 bits per heavy atom. The summed E-state index contributed by atoms with van der Waals surface area (Å²) >= 11 is 3.81. The second kappa shape index (κ2) is 4.75. The molecule has 1 nitrogen and oxygen atoms in total. The molecule has 0 aromatic heterocycles. The van der Waals surface area contributed by atoms with Crippen molar-refractivity contribution in [1.29, 1.82) is 0 Å². The number of ether oxygens (including phenoxy) is 1. The predicted molar refractivity (Wildman–Crippen MR) is 67.5 cm³/mol. The summed E-state index contributed by atoms with van der Waals surface area (Å²) in [6, 6.07) is 0. The lowest BCUT2D eigenvalue weighted by molar-refractivity contribution is -0.137. The highest BCUT2D eigenvalue weighted by Gasteiger charge is 2.52. The summed E-state index contributed by atoms with van der Waals surface area (Å²) in [6.45, 7) is 4.61. The second-order valence-corrected chi connectivity index (χ2v) is 6.28. The van der Waals surface area contributed by atoms with Gasteiger partial charge in [0, 0.05) is 10.2 Å². The highest BCUT2D eigenvalue weighted by Crippen LogP contribution is 2.53. The fourth-order valence-corrected chi connectivity index (χ4v) is 4.58. The van der Waals surface area contributed by atoms with Crippen LogP contribution in [0.3, 0.4) is 0 Å². The van der Waals surface area contributed by atoms with Gasteiger partial charge in [0.1, 0.15) is 0 Å². The van der Waals surface area contributed by atoms with Crippen molar-refractivity contribution in [3.05, 3.63) is 0 Å². The number of rotatable bonds is 4. The third kappa shape index (κ3) is 2.00. The topological polar surface area (TPSA) is 9.23 Å². The van der Waals surface area contributed by atoms with Gasteiger partial charge in [-0.1, -0.05) is 42.6 Å². The SMILES string of the molecule is CCC1(CC)C(Br)CC1OC1CCCC1. The van der Waals surface area contributed by atoms with Crippen LogP contribution in [0.2, 0.25) is 0 Å². The zero-order valence-corrected chi connectivity index (χ0v) is 11.6. The molecular weight excluding hydrogens is 252 g/mol. The molecular formula is C13H23BrO. The molecule has 0 bridgehead atoms. The first kappa shape index (κ1) is 11.9. The molecule has 2 heteroatoms. The van der Waals surface area contributed by atoms with E-state index in [4.69, 9.17) is 4.74 Å². The first-order valence-corrected chi connectivity index (χ1v) is 7.44. The van der Waals surface area contributed by atoms with Gasteiger partial charge in [0.25, 0.3) is 0 Å². The first-order valence-electron chi connectivity index (χ1n) is 6.52. The van der Waals surface area contributed by atoms with Gasteiger partial charge in [-0.15, -0.1) is 0 Å². The molecule has 2 aliphatic carbocycles. The molecule has 0 saturated heterocycles. The Labute approximate surface area is 102 Å². The Morgan fingerprint density at radius 1 is 1.20 bits per heavy atom. The predicted octanol–water partition coefficient (Wildman–Crippen LogP) is 4.29. The van der Waals surface area contributed by atoms with Crippen LogP contribution in [-0.2, 0) is 4.74 Å². The van der Waals surface area contributed by atoms with E-state index in [0.717, 1.165) is 0 Å². The number of hydrogen-bond donors (Lipinski definition) is 0. The van der Waals surface area contributed by atoms with E-state index in [0.29, 0.717) is 22.5 Å². The molecule has 2 atom stereocenters. The summed E-state index contributed by atoms with van der Waals surface area (Å²) in [5.41, 5.74) is 0.433. The van der Waals surface area contributed by atoms with Crippen molar-refractivity contribution in [1.82, 2.24) is 0 Å². The van der Waals surface area contributed by atoms with Crippen molar-refractivity contribution >= 4 is 15.9 Å². The average molecular weight is 275 g/mol. The highest BCUT2D eigenvalue weighted by molar-refractivity contribution is 9.09. The van der Waals surface area contributed by atoms with Crippen LogP contribution in [0.25, 0.3) is 0 Å². The molecule has 0 heterocycles. The quantitative estimate of drug-likeness (QED) is 0.695. The smallest absolute Gasteiger partial charge is 0.0656 e. The highest BCUT2D eigenvalue weighted by atomic mass is 79.9. The van der Waals surface area contributed by atoms with Crippen molar-refractivity contribution in [3.63, 3.8) is 0 Å². The fraction of sp³-hybridized carbons (Fsp3) is 1.00. The molecule has 0 aromatic rings. The Hall–Kier alpha value is 0.440. The molecule has 15 heavy (non-hydrogen) atoms. The largest absolute Gasteiger partial charge is 0.374 e. The van der Waals surface area contributed by atoms with Crippen LogP contribution in [0.15, 0.2) is 0 Å². The van der Waals surface area contributed by atoms with Crippen molar-refractivity contribution < 1.29 is 4.74 Å². The lowest BCUT2D eigenvalue weighted by Crippen LogP contribution is -2.55. The molecule has 2 aliphatic rings. The van der Waals surface area contributed by atoms with E-state index in [1.165, 1.54) is 44.9 Å². The zero-order chi connectivity index (χ0) is 10.9. The zero-order valence-electron chi connectivity index (χ0n) is 9.97.